The summed E-state index contributed by atoms with van der Waals surface area (Å²) in [6, 6.07) is 11.6. The molecule has 1 N–H and O–H groups in total. The fourth-order valence-corrected chi connectivity index (χ4v) is 2.55. The first-order valence-electron chi connectivity index (χ1n) is 7.64. The third kappa shape index (κ3) is 6.11. The molecule has 0 aromatic heterocycles. The van der Waals surface area contributed by atoms with E-state index in [1.54, 1.807) is 6.07 Å². The first-order chi connectivity index (χ1) is 12.3. The largest absolute Gasteiger partial charge is 0.452 e. The van der Waals surface area contributed by atoms with Crippen molar-refractivity contribution in [3.63, 3.8) is 0 Å². The third-order valence-corrected chi connectivity index (χ3v) is 4.04. The summed E-state index contributed by atoms with van der Waals surface area (Å²) in [4.78, 5) is 24.2. The molecule has 0 spiro atoms. The number of hydrogen-bond donors (Lipinski definition) is 1. The van der Waals surface area contributed by atoms with Crippen molar-refractivity contribution in [2.45, 2.75) is 30.1 Å². The number of carbonyl (C=O) groups excluding carboxylic acids is 2. The van der Waals surface area contributed by atoms with Gasteiger partial charge in [-0.05, 0) is 42.8 Å². The van der Waals surface area contributed by atoms with Gasteiger partial charge in [0.15, 0.2) is 6.10 Å². The van der Waals surface area contributed by atoms with E-state index < -0.39 is 29.6 Å². The second-order valence-corrected chi connectivity index (χ2v) is 6.36. The first-order valence-corrected chi connectivity index (χ1v) is 8.51. The Kier molecular flexibility index (Phi) is 7.08. The average Bonchev–Trinajstić information content (AvgIpc) is 2.58. The molecular formula is C18H16F3NO3S. The maximum atomic E-state index is 13.5. The second kappa shape index (κ2) is 9.28. The number of esters is 1. The minimum atomic E-state index is -2.52. The van der Waals surface area contributed by atoms with Crippen LogP contribution in [0.3, 0.4) is 0 Å². The number of amides is 1. The number of nitrogens with one attached hydrogen (secondary N) is 1. The highest BCUT2D eigenvalue weighted by molar-refractivity contribution is 7.99. The molecule has 0 fully saturated rings. The molecule has 26 heavy (non-hydrogen) atoms. The van der Waals surface area contributed by atoms with Gasteiger partial charge in [-0.25, -0.2) is 4.39 Å². The van der Waals surface area contributed by atoms with Gasteiger partial charge in [0.25, 0.3) is 11.7 Å². The average molecular weight is 383 g/mol. The Labute approximate surface area is 152 Å². The van der Waals surface area contributed by atoms with Crippen LogP contribution in [0.15, 0.2) is 53.4 Å². The number of benzene rings is 2. The summed E-state index contributed by atoms with van der Waals surface area (Å²) in [5.74, 6) is -4.37. The summed E-state index contributed by atoms with van der Waals surface area (Å²) in [5, 5.41) is 2.52. The van der Waals surface area contributed by atoms with Crippen molar-refractivity contribution in [1.82, 2.24) is 0 Å². The van der Waals surface area contributed by atoms with Crippen LogP contribution in [0.5, 0.6) is 0 Å². The molecule has 0 aliphatic heterocycles. The predicted octanol–water partition coefficient (Wildman–Crippen LogP) is 4.25. The van der Waals surface area contributed by atoms with Crippen molar-refractivity contribution in [3.05, 3.63) is 59.9 Å². The maximum Gasteiger partial charge on any atom is 0.311 e. The van der Waals surface area contributed by atoms with Crippen LogP contribution in [-0.4, -0.2) is 23.7 Å². The van der Waals surface area contributed by atoms with E-state index in [-0.39, 0.29) is 12.0 Å². The zero-order valence-electron chi connectivity index (χ0n) is 13.7. The number of thioether (sulfide) groups is 1. The number of halogens is 3. The monoisotopic (exact) mass is 383 g/mol. The zero-order chi connectivity index (χ0) is 19.1. The normalized spacial score (nSPS) is 11.9. The van der Waals surface area contributed by atoms with Crippen molar-refractivity contribution in [2.75, 3.05) is 5.32 Å². The van der Waals surface area contributed by atoms with Gasteiger partial charge in [0, 0.05) is 10.6 Å². The standard InChI is InChI=1S/C18H16F3NO3S/c1-11(25-16(23)10-12-4-2-3-5-15(12)19)17(24)22-13-6-8-14(9-7-13)26-18(20)21/h2-9,11,18H,10H2,1H3,(H,22,24)/t11-/m0/s1. The van der Waals surface area contributed by atoms with Gasteiger partial charge in [0.1, 0.15) is 5.82 Å². The fourth-order valence-electron chi connectivity index (χ4n) is 2.05. The molecule has 1 amide bonds. The van der Waals surface area contributed by atoms with E-state index >= 15 is 0 Å². The maximum absolute atomic E-state index is 13.5. The Morgan fingerprint density at radius 2 is 1.77 bits per heavy atom. The third-order valence-electron chi connectivity index (χ3n) is 3.32. The smallest absolute Gasteiger partial charge is 0.311 e. The lowest BCUT2D eigenvalue weighted by atomic mass is 10.1. The van der Waals surface area contributed by atoms with Gasteiger partial charge < -0.3 is 10.1 Å². The van der Waals surface area contributed by atoms with Crippen molar-refractivity contribution < 1.29 is 27.5 Å². The molecule has 2 aromatic carbocycles. The Morgan fingerprint density at radius 3 is 2.38 bits per heavy atom. The van der Waals surface area contributed by atoms with E-state index in [0.29, 0.717) is 22.3 Å². The molecular weight excluding hydrogens is 367 g/mol. The van der Waals surface area contributed by atoms with Gasteiger partial charge in [0.05, 0.1) is 6.42 Å². The first kappa shape index (κ1) is 19.8. The molecule has 0 bridgehead atoms. The summed E-state index contributed by atoms with van der Waals surface area (Å²) in [7, 11) is 0. The summed E-state index contributed by atoms with van der Waals surface area (Å²) >= 11 is 0.397. The molecule has 0 heterocycles. The van der Waals surface area contributed by atoms with Gasteiger partial charge in [-0.1, -0.05) is 30.0 Å². The van der Waals surface area contributed by atoms with Crippen LogP contribution in [0.1, 0.15) is 12.5 Å². The van der Waals surface area contributed by atoms with E-state index in [4.69, 9.17) is 4.74 Å². The zero-order valence-corrected chi connectivity index (χ0v) is 14.6. The molecule has 1 atom stereocenters. The van der Waals surface area contributed by atoms with E-state index in [9.17, 15) is 22.8 Å². The van der Waals surface area contributed by atoms with Crippen LogP contribution in [0.2, 0.25) is 0 Å². The van der Waals surface area contributed by atoms with Crippen molar-refractivity contribution in [1.29, 1.82) is 0 Å². The molecule has 2 aromatic rings. The van der Waals surface area contributed by atoms with E-state index in [2.05, 4.69) is 5.32 Å². The molecule has 4 nitrogen and oxygen atoms in total. The lowest BCUT2D eigenvalue weighted by molar-refractivity contribution is -0.152. The lowest BCUT2D eigenvalue weighted by Crippen LogP contribution is -2.30. The molecule has 0 saturated heterocycles. The van der Waals surface area contributed by atoms with Crippen LogP contribution in [0.25, 0.3) is 0 Å². The number of hydrogen-bond acceptors (Lipinski definition) is 4. The molecule has 0 saturated carbocycles. The fraction of sp³-hybridized carbons (Fsp3) is 0.222. The number of ether oxygens (including phenoxy) is 1. The Balaban J connectivity index is 1.87. The summed E-state index contributed by atoms with van der Waals surface area (Å²) in [6.45, 7) is 1.38. The van der Waals surface area contributed by atoms with Gasteiger partial charge in [0.2, 0.25) is 0 Å². The van der Waals surface area contributed by atoms with Gasteiger partial charge >= 0.3 is 5.97 Å². The molecule has 138 valence electrons. The van der Waals surface area contributed by atoms with Crippen molar-refractivity contribution >= 4 is 29.3 Å². The highest BCUT2D eigenvalue weighted by atomic mass is 32.2. The molecule has 8 heteroatoms. The quantitative estimate of drug-likeness (QED) is 0.574. The van der Waals surface area contributed by atoms with Crippen LogP contribution >= 0.6 is 11.8 Å². The van der Waals surface area contributed by atoms with E-state index in [0.717, 1.165) is 0 Å². The van der Waals surface area contributed by atoms with Gasteiger partial charge in [-0.3, -0.25) is 9.59 Å². The van der Waals surface area contributed by atoms with Gasteiger partial charge in [-0.2, -0.15) is 8.78 Å². The van der Waals surface area contributed by atoms with Gasteiger partial charge in [-0.15, -0.1) is 0 Å². The van der Waals surface area contributed by atoms with Crippen LogP contribution in [-0.2, 0) is 20.7 Å². The van der Waals surface area contributed by atoms with Crippen molar-refractivity contribution in [2.24, 2.45) is 0 Å². The predicted molar refractivity (Wildman–Crippen MR) is 92.6 cm³/mol. The minimum Gasteiger partial charge on any atom is -0.452 e. The SMILES string of the molecule is C[C@H](OC(=O)Cc1ccccc1F)C(=O)Nc1ccc(SC(F)F)cc1. The summed E-state index contributed by atoms with van der Waals surface area (Å²) < 4.78 is 43.0. The number of anilines is 1. The minimum absolute atomic E-state index is 0.178. The van der Waals surface area contributed by atoms with E-state index in [1.165, 1.54) is 49.4 Å². The Morgan fingerprint density at radius 1 is 1.12 bits per heavy atom. The highest BCUT2D eigenvalue weighted by Gasteiger charge is 2.19. The molecule has 2 rings (SSSR count). The Hall–Kier alpha value is -2.48. The van der Waals surface area contributed by atoms with Crippen LogP contribution in [0, 0.1) is 5.82 Å². The molecule has 0 aliphatic rings. The topological polar surface area (TPSA) is 55.4 Å². The lowest BCUT2D eigenvalue weighted by Gasteiger charge is -2.14. The molecule has 0 aliphatic carbocycles. The molecule has 0 unspecified atom stereocenters. The second-order valence-electron chi connectivity index (χ2n) is 5.29. The number of rotatable bonds is 7. The Bertz CT molecular complexity index is 769. The molecule has 0 radical (unpaired) electrons. The number of carbonyl (C=O) groups is 2. The number of alkyl halides is 2. The van der Waals surface area contributed by atoms with Crippen LogP contribution in [0.4, 0.5) is 18.9 Å². The van der Waals surface area contributed by atoms with E-state index in [1.807, 2.05) is 0 Å². The van der Waals surface area contributed by atoms with Crippen molar-refractivity contribution in [3.8, 4) is 0 Å². The van der Waals surface area contributed by atoms with Crippen LogP contribution < -0.4 is 5.32 Å². The highest BCUT2D eigenvalue weighted by Crippen LogP contribution is 2.26. The summed E-state index contributed by atoms with van der Waals surface area (Å²) in [6.07, 6.45) is -1.38. The summed E-state index contributed by atoms with van der Waals surface area (Å²) in [5.41, 5.74) is 0.558.